The van der Waals surface area contributed by atoms with Crippen LogP contribution in [0.5, 0.6) is 11.5 Å². The number of ketones is 2. The van der Waals surface area contributed by atoms with Crippen LogP contribution >= 0.6 is 0 Å². The number of phenols is 2. The van der Waals surface area contributed by atoms with Gasteiger partial charge in [0.05, 0.1) is 17.0 Å². The number of nitrogens with zero attached hydrogens (tertiary/aromatic N) is 1. The first kappa shape index (κ1) is 21.8. The number of Topliss-reactive ketones (excluding diaryl/α,β-unsaturated/α-hetero) is 2. The highest BCUT2D eigenvalue weighted by Gasteiger charge is 2.62. The van der Waals surface area contributed by atoms with Gasteiger partial charge in [0, 0.05) is 5.92 Å². The molecule has 0 spiro atoms. The predicted molar refractivity (Wildman–Crippen MR) is 115 cm³/mol. The second-order valence-corrected chi connectivity index (χ2v) is 8.75. The number of fused-ring (bicyclic) bond motifs is 3. The van der Waals surface area contributed by atoms with E-state index in [0.717, 1.165) is 5.56 Å². The summed E-state index contributed by atoms with van der Waals surface area (Å²) < 4.78 is 0. The molecule has 0 heterocycles. The normalized spacial score (nSPS) is 25.3. The SMILES string of the molecule is Cc1ccc(O)c2c(O)c3c(c(C)c12)CC1C(N(C)C)C(=O)C(C(N)=O)=C(O)C1(O)C3=O. The third kappa shape index (κ3) is 2.49. The Morgan fingerprint density at radius 3 is 2.31 bits per heavy atom. The Hall–Kier alpha value is -3.43. The maximum absolute atomic E-state index is 13.7. The first-order chi connectivity index (χ1) is 14.8. The minimum absolute atomic E-state index is 0.0475. The maximum atomic E-state index is 13.7. The number of phenolic OH excluding ortho intramolecular Hbond substituents is 2. The van der Waals surface area contributed by atoms with Gasteiger partial charge >= 0.3 is 0 Å². The van der Waals surface area contributed by atoms with Crippen LogP contribution < -0.4 is 5.73 Å². The maximum Gasteiger partial charge on any atom is 0.255 e. The Labute approximate surface area is 183 Å². The van der Waals surface area contributed by atoms with Crippen molar-refractivity contribution in [2.45, 2.75) is 31.9 Å². The van der Waals surface area contributed by atoms with Crippen molar-refractivity contribution in [1.82, 2.24) is 4.90 Å². The van der Waals surface area contributed by atoms with Crippen molar-refractivity contribution in [2.75, 3.05) is 14.1 Å². The Balaban J connectivity index is 2.13. The van der Waals surface area contributed by atoms with Crippen molar-refractivity contribution in [1.29, 1.82) is 0 Å². The number of nitrogens with two attached hydrogens (primary N) is 1. The van der Waals surface area contributed by atoms with Gasteiger partial charge in [0.2, 0.25) is 5.78 Å². The first-order valence-corrected chi connectivity index (χ1v) is 10.0. The number of aliphatic hydroxyl groups is 2. The minimum atomic E-state index is -2.66. The zero-order valence-electron chi connectivity index (χ0n) is 18.1. The molecule has 0 saturated heterocycles. The number of primary amides is 1. The Bertz CT molecular complexity index is 1280. The molecule has 2 aliphatic rings. The molecule has 0 radical (unpaired) electrons. The highest BCUT2D eigenvalue weighted by molar-refractivity contribution is 6.25. The van der Waals surface area contributed by atoms with Gasteiger partial charge in [-0.2, -0.15) is 0 Å². The summed E-state index contributed by atoms with van der Waals surface area (Å²) in [5.74, 6) is -6.16. The van der Waals surface area contributed by atoms with Gasteiger partial charge in [-0.1, -0.05) is 6.07 Å². The molecule has 6 N–H and O–H groups in total. The van der Waals surface area contributed by atoms with Crippen molar-refractivity contribution in [3.8, 4) is 11.5 Å². The van der Waals surface area contributed by atoms with Crippen molar-refractivity contribution in [3.63, 3.8) is 0 Å². The molecule has 2 aromatic rings. The monoisotopic (exact) mass is 440 g/mol. The molecule has 1 amide bonds. The largest absolute Gasteiger partial charge is 0.508 e. The molecule has 2 aromatic carbocycles. The average Bonchev–Trinajstić information content (AvgIpc) is 2.69. The highest BCUT2D eigenvalue weighted by atomic mass is 16.3. The zero-order valence-corrected chi connectivity index (χ0v) is 18.1. The van der Waals surface area contributed by atoms with Crippen LogP contribution in [0.2, 0.25) is 0 Å². The summed E-state index contributed by atoms with van der Waals surface area (Å²) in [5.41, 5.74) is 3.29. The Morgan fingerprint density at radius 1 is 1.12 bits per heavy atom. The van der Waals surface area contributed by atoms with Crippen molar-refractivity contribution < 1.29 is 34.8 Å². The number of aliphatic hydroxyl groups excluding tert-OH is 1. The number of benzene rings is 2. The number of aryl methyl sites for hydroxylation is 2. The van der Waals surface area contributed by atoms with Crippen LogP contribution in [-0.2, 0) is 16.0 Å². The fraction of sp³-hybridized carbons (Fsp3) is 0.348. The molecular formula is C23H24N2O7. The van der Waals surface area contributed by atoms with Gasteiger partial charge in [-0.3, -0.25) is 19.3 Å². The van der Waals surface area contributed by atoms with E-state index in [1.165, 1.54) is 11.0 Å². The first-order valence-electron chi connectivity index (χ1n) is 10.0. The van der Waals surface area contributed by atoms with Gasteiger partial charge < -0.3 is 26.2 Å². The molecule has 3 unspecified atom stereocenters. The van der Waals surface area contributed by atoms with Gasteiger partial charge in [-0.05, 0) is 62.5 Å². The lowest BCUT2D eigenvalue weighted by Crippen LogP contribution is -2.64. The van der Waals surface area contributed by atoms with Crippen LogP contribution in [0.15, 0.2) is 23.5 Å². The molecule has 3 atom stereocenters. The third-order valence-electron chi connectivity index (χ3n) is 6.83. The van der Waals surface area contributed by atoms with E-state index in [0.29, 0.717) is 16.5 Å². The van der Waals surface area contributed by atoms with E-state index in [-0.39, 0.29) is 23.1 Å². The second-order valence-electron chi connectivity index (χ2n) is 8.75. The quantitative estimate of drug-likeness (QED) is 0.428. The van der Waals surface area contributed by atoms with Gasteiger partial charge in [-0.25, -0.2) is 0 Å². The molecule has 0 aromatic heterocycles. The summed E-state index contributed by atoms with van der Waals surface area (Å²) >= 11 is 0. The van der Waals surface area contributed by atoms with Crippen LogP contribution in [0.1, 0.15) is 27.0 Å². The van der Waals surface area contributed by atoms with Crippen LogP contribution in [0.25, 0.3) is 10.8 Å². The molecule has 0 bridgehead atoms. The van der Waals surface area contributed by atoms with Crippen LogP contribution in [0.4, 0.5) is 0 Å². The number of aromatic hydroxyl groups is 2. The molecule has 9 heteroatoms. The van der Waals surface area contributed by atoms with E-state index < -0.39 is 52.1 Å². The van der Waals surface area contributed by atoms with E-state index >= 15 is 0 Å². The summed E-state index contributed by atoms with van der Waals surface area (Å²) in [6.45, 7) is 3.52. The van der Waals surface area contributed by atoms with Crippen molar-refractivity contribution >= 4 is 28.2 Å². The van der Waals surface area contributed by atoms with Gasteiger partial charge in [0.1, 0.15) is 22.8 Å². The van der Waals surface area contributed by atoms with Crippen LogP contribution in [0, 0.1) is 19.8 Å². The molecule has 168 valence electrons. The molecule has 2 aliphatic carbocycles. The number of hydrogen-bond donors (Lipinski definition) is 5. The van der Waals surface area contributed by atoms with Gasteiger partial charge in [-0.15, -0.1) is 0 Å². The number of likely N-dealkylation sites (N-methyl/N-ethyl adjacent to an activating group) is 1. The van der Waals surface area contributed by atoms with E-state index in [2.05, 4.69) is 0 Å². The Kier molecular flexibility index (Phi) is 4.62. The molecule has 0 fully saturated rings. The fourth-order valence-corrected chi connectivity index (χ4v) is 5.35. The van der Waals surface area contributed by atoms with Gasteiger partial charge in [0.15, 0.2) is 11.4 Å². The van der Waals surface area contributed by atoms with Gasteiger partial charge in [0.25, 0.3) is 5.91 Å². The number of hydrogen-bond acceptors (Lipinski definition) is 8. The highest BCUT2D eigenvalue weighted by Crippen LogP contribution is 2.51. The lowest BCUT2D eigenvalue weighted by Gasteiger charge is -2.47. The lowest BCUT2D eigenvalue weighted by atomic mass is 9.61. The number of carbonyl (C=O) groups excluding carboxylic acids is 3. The van der Waals surface area contributed by atoms with Crippen LogP contribution in [-0.4, -0.2) is 68.5 Å². The lowest BCUT2D eigenvalue weighted by molar-refractivity contribution is -0.132. The third-order valence-corrected chi connectivity index (χ3v) is 6.83. The number of rotatable bonds is 2. The Morgan fingerprint density at radius 2 is 1.75 bits per heavy atom. The predicted octanol–water partition coefficient (Wildman–Crippen LogP) is 0.764. The molecule has 32 heavy (non-hydrogen) atoms. The molecule has 4 rings (SSSR count). The van der Waals surface area contributed by atoms with Crippen molar-refractivity contribution in [3.05, 3.63) is 45.7 Å². The average molecular weight is 440 g/mol. The molecule has 0 saturated carbocycles. The number of carbonyl (C=O) groups is 3. The standard InChI is InChI=1S/C23H24N2O7/c1-8-5-6-12(26)15-13(8)9(2)10-7-11-17(25(3)4)19(28)16(22(24)31)21(30)23(11,32)20(29)14(10)18(15)27/h5-6,11,17,26-27,30,32H,7H2,1-4H3,(H2,24,31). The summed E-state index contributed by atoms with van der Waals surface area (Å²) in [6, 6.07) is 1.94. The van der Waals surface area contributed by atoms with E-state index in [1.807, 2.05) is 0 Å². The summed E-state index contributed by atoms with van der Waals surface area (Å²) in [7, 11) is 3.10. The van der Waals surface area contributed by atoms with Crippen molar-refractivity contribution in [2.24, 2.45) is 11.7 Å². The summed E-state index contributed by atoms with van der Waals surface area (Å²) in [6.07, 6.45) is -0.0489. The minimum Gasteiger partial charge on any atom is -0.508 e. The van der Waals surface area contributed by atoms with E-state index in [1.54, 1.807) is 34.0 Å². The number of amides is 1. The van der Waals surface area contributed by atoms with Crippen LogP contribution in [0.3, 0.4) is 0 Å². The fourth-order valence-electron chi connectivity index (χ4n) is 5.35. The topological polar surface area (TPSA) is 161 Å². The van der Waals surface area contributed by atoms with E-state index in [9.17, 15) is 34.8 Å². The smallest absolute Gasteiger partial charge is 0.255 e. The molecule has 0 aliphatic heterocycles. The summed E-state index contributed by atoms with van der Waals surface area (Å²) in [4.78, 5) is 40.1. The summed E-state index contributed by atoms with van der Waals surface area (Å²) in [5, 5.41) is 44.3. The van der Waals surface area contributed by atoms with E-state index in [4.69, 9.17) is 5.73 Å². The zero-order chi connectivity index (χ0) is 23.9. The molecular weight excluding hydrogens is 416 g/mol. The second kappa shape index (κ2) is 6.78. The molecule has 9 nitrogen and oxygen atoms in total.